The number of aliphatic hydroxyl groups excluding tert-OH is 1. The molecule has 1 unspecified atom stereocenters. The fourth-order valence-corrected chi connectivity index (χ4v) is 2.88. The largest absolute Gasteiger partial charge is 0.394 e. The van der Waals surface area contributed by atoms with Crippen LogP contribution in [0.5, 0.6) is 0 Å². The highest BCUT2D eigenvalue weighted by atomic mass is 19.1. The van der Waals surface area contributed by atoms with Gasteiger partial charge in [-0.15, -0.1) is 0 Å². The van der Waals surface area contributed by atoms with Crippen LogP contribution in [-0.4, -0.2) is 51.3 Å². The van der Waals surface area contributed by atoms with Crippen LogP contribution >= 0.6 is 0 Å². The Morgan fingerprint density at radius 3 is 2.85 bits per heavy atom. The van der Waals surface area contributed by atoms with Gasteiger partial charge in [-0.05, 0) is 23.8 Å². The maximum atomic E-state index is 13.4. The standard InChI is InChI=1S/C17H18FN5O3/c18-12-3-1-2-10(6-12)14-7-11-8-23(5-4-13(11)21-22-14)16(25)15(9-24)20-17(19)26/h1-3,6-7,15,24H,4-5,8-9H2,(H3,19,20,26). The van der Waals surface area contributed by atoms with E-state index in [0.717, 1.165) is 11.3 Å². The van der Waals surface area contributed by atoms with Crippen LogP contribution < -0.4 is 11.1 Å². The number of nitrogens with two attached hydrogens (primary N) is 1. The van der Waals surface area contributed by atoms with Crippen LogP contribution in [0.3, 0.4) is 0 Å². The van der Waals surface area contributed by atoms with Gasteiger partial charge in [0.15, 0.2) is 0 Å². The van der Waals surface area contributed by atoms with Crippen LogP contribution in [0.1, 0.15) is 11.3 Å². The summed E-state index contributed by atoms with van der Waals surface area (Å²) in [5, 5.41) is 19.8. The molecule has 8 nitrogen and oxygen atoms in total. The first-order valence-corrected chi connectivity index (χ1v) is 8.05. The van der Waals surface area contributed by atoms with Crippen molar-refractivity contribution in [3.05, 3.63) is 47.4 Å². The van der Waals surface area contributed by atoms with Crippen molar-refractivity contribution in [2.75, 3.05) is 13.2 Å². The van der Waals surface area contributed by atoms with Gasteiger partial charge >= 0.3 is 6.03 Å². The van der Waals surface area contributed by atoms with E-state index in [4.69, 9.17) is 5.73 Å². The molecule has 1 aliphatic heterocycles. The highest BCUT2D eigenvalue weighted by Crippen LogP contribution is 2.23. The lowest BCUT2D eigenvalue weighted by Crippen LogP contribution is -2.52. The third-order valence-electron chi connectivity index (χ3n) is 4.17. The summed E-state index contributed by atoms with van der Waals surface area (Å²) in [6.45, 7) is 0.0912. The maximum absolute atomic E-state index is 13.4. The normalized spacial score (nSPS) is 14.5. The molecule has 2 aromatic rings. The first kappa shape index (κ1) is 17.7. The Labute approximate surface area is 148 Å². The summed E-state index contributed by atoms with van der Waals surface area (Å²) in [5.41, 5.74) is 7.67. The molecule has 0 fully saturated rings. The number of carbonyl (C=O) groups excluding carboxylic acids is 2. The lowest BCUT2D eigenvalue weighted by molar-refractivity contribution is -0.135. The first-order chi connectivity index (χ1) is 12.5. The quantitative estimate of drug-likeness (QED) is 0.720. The summed E-state index contributed by atoms with van der Waals surface area (Å²) in [4.78, 5) is 25.0. The van der Waals surface area contributed by atoms with Crippen LogP contribution in [0.25, 0.3) is 11.3 Å². The van der Waals surface area contributed by atoms with Crippen LogP contribution in [0, 0.1) is 5.82 Å². The van der Waals surface area contributed by atoms with Crippen LogP contribution in [0.4, 0.5) is 9.18 Å². The molecule has 1 atom stereocenters. The average molecular weight is 359 g/mol. The van der Waals surface area contributed by atoms with Gasteiger partial charge in [0.25, 0.3) is 0 Å². The highest BCUT2D eigenvalue weighted by Gasteiger charge is 2.28. The molecular weight excluding hydrogens is 341 g/mol. The van der Waals surface area contributed by atoms with Crippen LogP contribution in [-0.2, 0) is 17.8 Å². The molecule has 1 aromatic carbocycles. The molecule has 9 heteroatoms. The van der Waals surface area contributed by atoms with Gasteiger partial charge in [-0.3, -0.25) is 4.79 Å². The topological polar surface area (TPSA) is 121 Å². The minimum Gasteiger partial charge on any atom is -0.394 e. The third kappa shape index (κ3) is 3.77. The van der Waals surface area contributed by atoms with Gasteiger partial charge < -0.3 is 21.1 Å². The van der Waals surface area contributed by atoms with Crippen molar-refractivity contribution in [1.82, 2.24) is 20.4 Å². The van der Waals surface area contributed by atoms with Gasteiger partial charge in [0.2, 0.25) is 5.91 Å². The van der Waals surface area contributed by atoms with E-state index in [1.165, 1.54) is 17.0 Å². The summed E-state index contributed by atoms with van der Waals surface area (Å²) in [7, 11) is 0. The number of nitrogens with zero attached hydrogens (tertiary/aromatic N) is 3. The Balaban J connectivity index is 1.82. The number of hydrogen-bond acceptors (Lipinski definition) is 5. The number of carbonyl (C=O) groups is 2. The van der Waals surface area contributed by atoms with Crippen molar-refractivity contribution in [2.45, 2.75) is 19.0 Å². The molecule has 0 bridgehead atoms. The predicted molar refractivity (Wildman–Crippen MR) is 90.1 cm³/mol. The molecule has 1 aromatic heterocycles. The number of aliphatic hydroxyl groups is 1. The summed E-state index contributed by atoms with van der Waals surface area (Å²) in [6.07, 6.45) is 0.492. The fraction of sp³-hybridized carbons (Fsp3) is 0.294. The number of benzene rings is 1. The Morgan fingerprint density at radius 2 is 2.15 bits per heavy atom. The van der Waals surface area contributed by atoms with Gasteiger partial charge in [-0.25, -0.2) is 9.18 Å². The van der Waals surface area contributed by atoms with Crippen molar-refractivity contribution in [1.29, 1.82) is 0 Å². The molecule has 0 saturated carbocycles. The summed E-state index contributed by atoms with van der Waals surface area (Å²) in [5.74, 6) is -0.803. The number of aromatic nitrogens is 2. The van der Waals surface area contributed by atoms with E-state index in [1.54, 1.807) is 18.2 Å². The van der Waals surface area contributed by atoms with Gasteiger partial charge in [0.1, 0.15) is 11.9 Å². The SMILES string of the molecule is NC(=O)NC(CO)C(=O)N1CCc2nnc(-c3cccc(F)c3)cc2C1. The van der Waals surface area contributed by atoms with E-state index >= 15 is 0 Å². The molecular formula is C17H18FN5O3. The Morgan fingerprint density at radius 1 is 1.35 bits per heavy atom. The monoisotopic (exact) mass is 359 g/mol. The fourth-order valence-electron chi connectivity index (χ4n) is 2.88. The molecule has 136 valence electrons. The number of amides is 3. The van der Waals surface area contributed by atoms with E-state index in [-0.39, 0.29) is 12.4 Å². The van der Waals surface area contributed by atoms with Crippen molar-refractivity contribution in [3.63, 3.8) is 0 Å². The highest BCUT2D eigenvalue weighted by molar-refractivity contribution is 5.86. The second-order valence-electron chi connectivity index (χ2n) is 5.97. The molecule has 0 saturated heterocycles. The smallest absolute Gasteiger partial charge is 0.312 e. The molecule has 2 heterocycles. The maximum Gasteiger partial charge on any atom is 0.312 e. The second kappa shape index (κ2) is 7.44. The molecule has 4 N–H and O–H groups in total. The molecule has 0 radical (unpaired) electrons. The lowest BCUT2D eigenvalue weighted by atomic mass is 10.0. The van der Waals surface area contributed by atoms with E-state index < -0.39 is 24.6 Å². The zero-order valence-corrected chi connectivity index (χ0v) is 13.9. The lowest BCUT2D eigenvalue weighted by Gasteiger charge is -2.30. The summed E-state index contributed by atoms with van der Waals surface area (Å²) < 4.78 is 13.4. The van der Waals surface area contributed by atoms with Gasteiger partial charge in [-0.2, -0.15) is 10.2 Å². The number of fused-ring (bicyclic) bond motifs is 1. The van der Waals surface area contributed by atoms with Gasteiger partial charge in [0, 0.05) is 25.1 Å². The zero-order valence-electron chi connectivity index (χ0n) is 13.9. The Kier molecular flexibility index (Phi) is 5.08. The van der Waals surface area contributed by atoms with Crippen molar-refractivity contribution in [2.24, 2.45) is 5.73 Å². The van der Waals surface area contributed by atoms with Crippen LogP contribution in [0.2, 0.25) is 0 Å². The minimum atomic E-state index is -1.09. The minimum absolute atomic E-state index is 0.253. The number of primary amides is 1. The van der Waals surface area contributed by atoms with E-state index in [9.17, 15) is 19.1 Å². The number of urea groups is 1. The zero-order chi connectivity index (χ0) is 18.7. The van der Waals surface area contributed by atoms with Crippen molar-refractivity contribution in [3.8, 4) is 11.3 Å². The molecule has 26 heavy (non-hydrogen) atoms. The molecule has 1 aliphatic rings. The van der Waals surface area contributed by atoms with Crippen molar-refractivity contribution < 1.29 is 19.1 Å². The molecule has 3 rings (SSSR count). The predicted octanol–water partition coefficient (Wildman–Crippen LogP) is 0.197. The third-order valence-corrected chi connectivity index (χ3v) is 4.17. The van der Waals surface area contributed by atoms with Crippen molar-refractivity contribution >= 4 is 11.9 Å². The van der Waals surface area contributed by atoms with E-state index in [2.05, 4.69) is 15.5 Å². The molecule has 3 amide bonds. The number of rotatable bonds is 4. The number of nitrogens with one attached hydrogen (secondary N) is 1. The van der Waals surface area contributed by atoms with E-state index in [0.29, 0.717) is 24.2 Å². The summed E-state index contributed by atoms with van der Waals surface area (Å²) in [6, 6.07) is 5.82. The number of hydrogen-bond donors (Lipinski definition) is 3. The number of halogens is 1. The summed E-state index contributed by atoms with van der Waals surface area (Å²) >= 11 is 0. The Hall–Kier alpha value is -3.07. The first-order valence-electron chi connectivity index (χ1n) is 8.05. The second-order valence-corrected chi connectivity index (χ2v) is 5.97. The van der Waals surface area contributed by atoms with Gasteiger partial charge in [-0.1, -0.05) is 12.1 Å². The van der Waals surface area contributed by atoms with Crippen LogP contribution in [0.15, 0.2) is 30.3 Å². The molecule has 0 aliphatic carbocycles. The van der Waals surface area contributed by atoms with Gasteiger partial charge in [0.05, 0.1) is 18.0 Å². The molecule has 0 spiro atoms. The Bertz CT molecular complexity index is 845. The average Bonchev–Trinajstić information content (AvgIpc) is 2.64. The van der Waals surface area contributed by atoms with E-state index in [1.807, 2.05) is 0 Å².